The summed E-state index contributed by atoms with van der Waals surface area (Å²) in [6.07, 6.45) is 0.565. The van der Waals surface area contributed by atoms with Gasteiger partial charge >= 0.3 is 5.97 Å². The number of nitrogens with one attached hydrogen (secondary N) is 1. The molecule has 11 heavy (non-hydrogen) atoms. The highest BCUT2D eigenvalue weighted by Crippen LogP contribution is 2.20. The van der Waals surface area contributed by atoms with E-state index >= 15 is 0 Å². The average Bonchev–Trinajstić information content (AvgIpc) is 2.28. The predicted molar refractivity (Wildman–Crippen MR) is 40.4 cm³/mol. The van der Waals surface area contributed by atoms with Gasteiger partial charge in [-0.2, -0.15) is 0 Å². The molecule has 62 valence electrons. The molecule has 1 unspecified atom stereocenters. The van der Waals surface area contributed by atoms with Crippen molar-refractivity contribution in [2.45, 2.75) is 19.4 Å². The molecular weight excluding hydrogens is 144 g/mol. The fourth-order valence-corrected chi connectivity index (χ4v) is 1.04. The highest BCUT2D eigenvalue weighted by molar-refractivity contribution is 5.91. The van der Waals surface area contributed by atoms with Crippen molar-refractivity contribution in [3.63, 3.8) is 0 Å². The van der Waals surface area contributed by atoms with Crippen molar-refractivity contribution in [1.29, 1.82) is 0 Å². The van der Waals surface area contributed by atoms with Crippen LogP contribution in [-0.2, 0) is 9.53 Å². The van der Waals surface area contributed by atoms with Gasteiger partial charge in [-0.15, -0.1) is 0 Å². The second-order valence-electron chi connectivity index (χ2n) is 2.56. The van der Waals surface area contributed by atoms with Crippen LogP contribution in [0.4, 0.5) is 0 Å². The van der Waals surface area contributed by atoms with Crippen LogP contribution < -0.4 is 11.1 Å². The molecule has 3 N–H and O–H groups in total. The van der Waals surface area contributed by atoms with Crippen LogP contribution in [0.1, 0.15) is 13.3 Å². The van der Waals surface area contributed by atoms with E-state index < -0.39 is 0 Å². The van der Waals surface area contributed by atoms with Crippen molar-refractivity contribution in [3.8, 4) is 0 Å². The molecular formula is C7H12N2O2. The van der Waals surface area contributed by atoms with Gasteiger partial charge in [0.05, 0.1) is 5.57 Å². The summed E-state index contributed by atoms with van der Waals surface area (Å²) in [5.74, 6) is 0.115. The Labute approximate surface area is 65.4 Å². The summed E-state index contributed by atoms with van der Waals surface area (Å²) in [5, 5.41) is 2.71. The minimum atomic E-state index is -0.302. The minimum Gasteiger partial charge on any atom is -0.459 e. The summed E-state index contributed by atoms with van der Waals surface area (Å²) in [5.41, 5.74) is 6.05. The van der Waals surface area contributed by atoms with Gasteiger partial charge in [0.15, 0.2) is 0 Å². The van der Waals surface area contributed by atoms with Gasteiger partial charge in [0.2, 0.25) is 0 Å². The number of esters is 1. The lowest BCUT2D eigenvalue weighted by atomic mass is 10.2. The number of hydrogen-bond acceptors (Lipinski definition) is 4. The maximum Gasteiger partial charge on any atom is 0.338 e. The lowest BCUT2D eigenvalue weighted by Crippen LogP contribution is -2.19. The van der Waals surface area contributed by atoms with E-state index in [0.29, 0.717) is 17.8 Å². The van der Waals surface area contributed by atoms with Gasteiger partial charge in [0, 0.05) is 13.5 Å². The number of nitrogens with two attached hydrogens (primary N) is 1. The molecule has 1 saturated heterocycles. The lowest BCUT2D eigenvalue weighted by molar-refractivity contribution is -0.138. The van der Waals surface area contributed by atoms with Crippen molar-refractivity contribution in [1.82, 2.24) is 5.32 Å². The summed E-state index contributed by atoms with van der Waals surface area (Å²) in [6, 6.07) is 0. The Morgan fingerprint density at radius 2 is 2.45 bits per heavy atom. The minimum absolute atomic E-state index is 0.0376. The summed E-state index contributed by atoms with van der Waals surface area (Å²) in [7, 11) is 1.68. The van der Waals surface area contributed by atoms with Crippen LogP contribution in [-0.4, -0.2) is 19.1 Å². The van der Waals surface area contributed by atoms with E-state index in [4.69, 9.17) is 10.5 Å². The molecule has 1 aliphatic heterocycles. The molecule has 1 fully saturated rings. The van der Waals surface area contributed by atoms with Crippen molar-refractivity contribution >= 4 is 5.97 Å². The molecule has 0 bridgehead atoms. The first-order valence-corrected chi connectivity index (χ1v) is 3.52. The van der Waals surface area contributed by atoms with Crippen LogP contribution in [0.2, 0.25) is 0 Å². The van der Waals surface area contributed by atoms with Crippen LogP contribution in [0.5, 0.6) is 0 Å². The van der Waals surface area contributed by atoms with Crippen molar-refractivity contribution in [2.75, 3.05) is 7.05 Å². The smallest absolute Gasteiger partial charge is 0.338 e. The zero-order valence-electron chi connectivity index (χ0n) is 6.68. The van der Waals surface area contributed by atoms with Gasteiger partial charge in [-0.05, 0) is 6.92 Å². The molecule has 1 heterocycles. The van der Waals surface area contributed by atoms with Gasteiger partial charge in [-0.25, -0.2) is 4.79 Å². The van der Waals surface area contributed by atoms with Crippen LogP contribution in [0.15, 0.2) is 11.4 Å². The van der Waals surface area contributed by atoms with Gasteiger partial charge in [0.25, 0.3) is 0 Å². The third-order valence-corrected chi connectivity index (χ3v) is 1.64. The van der Waals surface area contributed by atoms with Crippen LogP contribution >= 0.6 is 0 Å². The van der Waals surface area contributed by atoms with E-state index in [-0.39, 0.29) is 12.1 Å². The zero-order valence-corrected chi connectivity index (χ0v) is 6.68. The largest absolute Gasteiger partial charge is 0.459 e. The van der Waals surface area contributed by atoms with Crippen LogP contribution in [0.3, 0.4) is 0 Å². The monoisotopic (exact) mass is 156 g/mol. The number of carbonyl (C=O) groups is 1. The average molecular weight is 156 g/mol. The van der Waals surface area contributed by atoms with Crippen LogP contribution in [0.25, 0.3) is 0 Å². The molecule has 0 radical (unpaired) electrons. The first-order chi connectivity index (χ1) is 5.15. The van der Waals surface area contributed by atoms with E-state index in [1.165, 1.54) is 0 Å². The number of cyclic esters (lactones) is 1. The molecule has 0 amide bonds. The van der Waals surface area contributed by atoms with E-state index in [9.17, 15) is 4.79 Å². The number of hydrogen-bond donors (Lipinski definition) is 2. The molecule has 1 rings (SSSR count). The second-order valence-corrected chi connectivity index (χ2v) is 2.56. The summed E-state index contributed by atoms with van der Waals surface area (Å²) in [6.45, 7) is 1.84. The molecule has 1 atom stereocenters. The zero-order chi connectivity index (χ0) is 8.43. The van der Waals surface area contributed by atoms with E-state index in [0.717, 1.165) is 0 Å². The van der Waals surface area contributed by atoms with Crippen molar-refractivity contribution < 1.29 is 9.53 Å². The Balaban J connectivity index is 2.82. The van der Waals surface area contributed by atoms with Crippen LogP contribution in [0, 0.1) is 0 Å². The summed E-state index contributed by atoms with van der Waals surface area (Å²) < 4.78 is 4.88. The molecule has 0 spiro atoms. The quantitative estimate of drug-likeness (QED) is 0.404. The SMILES string of the molecule is CN/C(N)=C1/CC(C)OC1=O. The Morgan fingerprint density at radius 1 is 1.82 bits per heavy atom. The second kappa shape index (κ2) is 2.82. The van der Waals surface area contributed by atoms with Gasteiger partial charge in [0.1, 0.15) is 11.9 Å². The fourth-order valence-electron chi connectivity index (χ4n) is 1.04. The van der Waals surface area contributed by atoms with E-state index in [1.807, 2.05) is 6.92 Å². The Hall–Kier alpha value is -1.19. The fraction of sp³-hybridized carbons (Fsp3) is 0.571. The lowest BCUT2D eigenvalue weighted by Gasteiger charge is -1.99. The van der Waals surface area contributed by atoms with Gasteiger partial charge < -0.3 is 15.8 Å². The molecule has 0 aromatic rings. The van der Waals surface area contributed by atoms with Crippen molar-refractivity contribution in [2.24, 2.45) is 5.73 Å². The predicted octanol–water partition coefficient (Wildman–Crippen LogP) is -0.288. The molecule has 4 heteroatoms. The Morgan fingerprint density at radius 3 is 2.82 bits per heavy atom. The molecule has 1 aliphatic rings. The molecule has 0 aromatic heterocycles. The highest BCUT2D eigenvalue weighted by atomic mass is 16.5. The van der Waals surface area contributed by atoms with Gasteiger partial charge in [-0.1, -0.05) is 0 Å². The first-order valence-electron chi connectivity index (χ1n) is 3.52. The topological polar surface area (TPSA) is 64.3 Å². The Bertz CT molecular complexity index is 210. The molecule has 0 saturated carbocycles. The number of rotatable bonds is 1. The number of carbonyl (C=O) groups excluding carboxylic acids is 1. The first kappa shape index (κ1) is 7.91. The van der Waals surface area contributed by atoms with Crippen molar-refractivity contribution in [3.05, 3.63) is 11.4 Å². The maximum absolute atomic E-state index is 11.0. The van der Waals surface area contributed by atoms with Gasteiger partial charge in [-0.3, -0.25) is 0 Å². The highest BCUT2D eigenvalue weighted by Gasteiger charge is 2.27. The van der Waals surface area contributed by atoms with E-state index in [1.54, 1.807) is 7.05 Å². The Kier molecular flexibility index (Phi) is 2.03. The molecule has 0 aromatic carbocycles. The van der Waals surface area contributed by atoms with E-state index in [2.05, 4.69) is 5.32 Å². The molecule has 4 nitrogen and oxygen atoms in total. The standard InChI is InChI=1S/C7H12N2O2/c1-4-3-5(6(8)9-2)7(10)11-4/h4,9H,3,8H2,1-2H3/b6-5-. The number of ether oxygens (including phenoxy) is 1. The molecule has 0 aliphatic carbocycles. The third-order valence-electron chi connectivity index (χ3n) is 1.64. The summed E-state index contributed by atoms with van der Waals surface area (Å²) in [4.78, 5) is 11.0. The summed E-state index contributed by atoms with van der Waals surface area (Å²) >= 11 is 0. The third kappa shape index (κ3) is 1.45. The normalized spacial score (nSPS) is 28.2. The maximum atomic E-state index is 11.0.